The number of carbonyl (C=O) groups is 1. The van der Waals surface area contributed by atoms with E-state index in [2.05, 4.69) is 74.2 Å². The van der Waals surface area contributed by atoms with Crippen molar-refractivity contribution >= 4 is 24.7 Å². The van der Waals surface area contributed by atoms with E-state index < -0.39 is 8.32 Å². The van der Waals surface area contributed by atoms with Crippen LogP contribution in [0.3, 0.4) is 0 Å². The molecule has 0 aromatic heterocycles. The van der Waals surface area contributed by atoms with Crippen LogP contribution in [0, 0.1) is 0 Å². The number of carbonyl (C=O) groups excluding carboxylic acids is 1. The van der Waals surface area contributed by atoms with Crippen LogP contribution in [0.15, 0.2) is 72.3 Å². The second kappa shape index (κ2) is 8.88. The van der Waals surface area contributed by atoms with Crippen molar-refractivity contribution in [1.29, 1.82) is 0 Å². The van der Waals surface area contributed by atoms with Gasteiger partial charge in [-0.15, -0.1) is 0 Å². The van der Waals surface area contributed by atoms with Crippen molar-refractivity contribution in [2.75, 3.05) is 21.2 Å². The highest BCUT2D eigenvalue weighted by Crippen LogP contribution is 2.40. The Kier molecular flexibility index (Phi) is 6.65. The van der Waals surface area contributed by atoms with E-state index in [4.69, 9.17) is 9.16 Å². The van der Waals surface area contributed by atoms with Gasteiger partial charge in [-0.05, 0) is 35.9 Å². The quantitative estimate of drug-likeness (QED) is 0.528. The van der Waals surface area contributed by atoms with Crippen molar-refractivity contribution in [3.63, 3.8) is 0 Å². The number of methoxy groups -OCH3 is 1. The molecule has 5 heteroatoms. The molecule has 30 heavy (non-hydrogen) atoms. The van der Waals surface area contributed by atoms with E-state index in [9.17, 15) is 4.79 Å². The maximum absolute atomic E-state index is 12.4. The molecule has 160 valence electrons. The Labute approximate surface area is 181 Å². The fraction of sp³-hybridized carbons (Fsp3) is 0.400. The molecule has 1 aliphatic carbocycles. The van der Waals surface area contributed by atoms with Gasteiger partial charge in [0.25, 0.3) is 8.32 Å². The lowest BCUT2D eigenvalue weighted by molar-refractivity contribution is -0.137. The summed E-state index contributed by atoms with van der Waals surface area (Å²) < 4.78 is 12.3. The molecule has 0 spiro atoms. The van der Waals surface area contributed by atoms with Gasteiger partial charge in [0.2, 0.25) is 0 Å². The summed E-state index contributed by atoms with van der Waals surface area (Å²) in [7, 11) is 2.74. The van der Waals surface area contributed by atoms with Gasteiger partial charge in [-0.3, -0.25) is 4.90 Å². The predicted octanol–water partition coefficient (Wildman–Crippen LogP) is 3.36. The molecule has 0 radical (unpaired) electrons. The average Bonchev–Trinajstić information content (AvgIpc) is 3.15. The third kappa shape index (κ3) is 4.02. The molecule has 0 bridgehead atoms. The minimum atomic E-state index is -2.69. The molecule has 0 saturated heterocycles. The zero-order valence-corrected chi connectivity index (χ0v) is 19.9. The van der Waals surface area contributed by atoms with Gasteiger partial charge in [0.05, 0.1) is 24.8 Å². The van der Waals surface area contributed by atoms with Gasteiger partial charge in [-0.25, -0.2) is 4.79 Å². The molecule has 0 heterocycles. The van der Waals surface area contributed by atoms with Gasteiger partial charge in [0.15, 0.2) is 0 Å². The van der Waals surface area contributed by atoms with Crippen molar-refractivity contribution in [2.45, 2.75) is 44.4 Å². The van der Waals surface area contributed by atoms with Crippen molar-refractivity contribution in [3.8, 4) is 0 Å². The highest BCUT2D eigenvalue weighted by Gasteiger charge is 2.53. The summed E-state index contributed by atoms with van der Waals surface area (Å²) in [6.45, 7) is 6.81. The summed E-state index contributed by atoms with van der Waals surface area (Å²) in [6, 6.07) is 21.1. The van der Waals surface area contributed by atoms with Crippen molar-refractivity contribution in [1.82, 2.24) is 4.90 Å². The fourth-order valence-corrected chi connectivity index (χ4v) is 9.35. The SMILES string of the molecule is COC(=O)C1=CC[C@H](O[Si](c2ccccc2)(c2ccccc2)C(C)(C)C)[C@H]1N(C)C. The molecule has 0 aliphatic heterocycles. The van der Waals surface area contributed by atoms with Crippen LogP contribution in [-0.2, 0) is 14.0 Å². The molecule has 3 rings (SSSR count). The third-order valence-corrected chi connectivity index (χ3v) is 11.0. The second-order valence-electron chi connectivity index (χ2n) is 9.11. The van der Waals surface area contributed by atoms with Gasteiger partial charge in [0, 0.05) is 0 Å². The standard InChI is InChI=1S/C25H33NO3Si/c1-25(2,3)30(19-13-9-7-10-14-19,20-15-11-8-12-16-20)29-22-18-17-21(24(27)28-6)23(22)26(4)5/h7-17,22-23H,18H2,1-6H3/t22-,23-/m0/s1. The minimum Gasteiger partial charge on any atom is -0.466 e. The van der Waals surface area contributed by atoms with E-state index in [1.165, 1.54) is 17.5 Å². The van der Waals surface area contributed by atoms with Crippen LogP contribution < -0.4 is 10.4 Å². The van der Waals surface area contributed by atoms with Crippen molar-refractivity contribution in [2.24, 2.45) is 0 Å². The maximum Gasteiger partial charge on any atom is 0.335 e. The topological polar surface area (TPSA) is 38.8 Å². The van der Waals surface area contributed by atoms with E-state index in [1.807, 2.05) is 32.3 Å². The minimum absolute atomic E-state index is 0.111. The largest absolute Gasteiger partial charge is 0.466 e. The normalized spacial score (nSPS) is 19.6. The number of esters is 1. The van der Waals surface area contributed by atoms with Crippen LogP contribution in [0.25, 0.3) is 0 Å². The lowest BCUT2D eigenvalue weighted by atomic mass is 10.1. The molecular weight excluding hydrogens is 390 g/mol. The third-order valence-electron chi connectivity index (χ3n) is 5.96. The summed E-state index contributed by atoms with van der Waals surface area (Å²) in [4.78, 5) is 14.5. The second-order valence-corrected chi connectivity index (χ2v) is 13.4. The molecule has 2 aromatic rings. The summed E-state index contributed by atoms with van der Waals surface area (Å²) in [6.07, 6.45) is 2.55. The van der Waals surface area contributed by atoms with Gasteiger partial charge in [0.1, 0.15) is 0 Å². The molecule has 2 aromatic carbocycles. The Bertz CT molecular complexity index is 848. The van der Waals surface area contributed by atoms with Crippen LogP contribution in [0.4, 0.5) is 0 Å². The van der Waals surface area contributed by atoms with E-state index >= 15 is 0 Å². The van der Waals surface area contributed by atoms with E-state index in [0.717, 1.165) is 0 Å². The van der Waals surface area contributed by atoms with Crippen LogP contribution in [0.2, 0.25) is 5.04 Å². The number of hydrogen-bond donors (Lipinski definition) is 0. The first-order valence-corrected chi connectivity index (χ1v) is 12.4. The number of rotatable bonds is 6. The highest BCUT2D eigenvalue weighted by molar-refractivity contribution is 6.99. The highest BCUT2D eigenvalue weighted by atomic mass is 28.4. The zero-order chi connectivity index (χ0) is 21.9. The molecule has 2 atom stereocenters. The molecule has 1 aliphatic rings. The molecule has 0 N–H and O–H groups in total. The monoisotopic (exact) mass is 423 g/mol. The molecule has 0 fully saturated rings. The van der Waals surface area contributed by atoms with Crippen LogP contribution in [-0.4, -0.2) is 52.5 Å². The Morgan fingerprint density at radius 1 is 0.967 bits per heavy atom. The van der Waals surface area contributed by atoms with Gasteiger partial charge in [-0.2, -0.15) is 0 Å². The summed E-state index contributed by atoms with van der Waals surface area (Å²) in [5.41, 5.74) is 0.686. The smallest absolute Gasteiger partial charge is 0.335 e. The number of nitrogens with zero attached hydrogens (tertiary/aromatic N) is 1. The first-order chi connectivity index (χ1) is 14.2. The lowest BCUT2D eigenvalue weighted by Crippen LogP contribution is -2.68. The van der Waals surface area contributed by atoms with E-state index in [-0.39, 0.29) is 23.2 Å². The number of likely N-dealkylation sites (N-methyl/N-ethyl adjacent to an activating group) is 1. The molecular formula is C25H33NO3Si. The van der Waals surface area contributed by atoms with Crippen LogP contribution >= 0.6 is 0 Å². The van der Waals surface area contributed by atoms with Gasteiger partial charge >= 0.3 is 5.97 Å². The number of hydrogen-bond acceptors (Lipinski definition) is 4. The van der Waals surface area contributed by atoms with Crippen molar-refractivity contribution < 1.29 is 14.0 Å². The Balaban J connectivity index is 2.14. The van der Waals surface area contributed by atoms with Crippen molar-refractivity contribution in [3.05, 3.63) is 72.3 Å². The van der Waals surface area contributed by atoms with E-state index in [1.54, 1.807) is 0 Å². The summed E-state index contributed by atoms with van der Waals surface area (Å²) in [5.74, 6) is -0.276. The molecule has 4 nitrogen and oxygen atoms in total. The Hall–Kier alpha value is -2.21. The average molecular weight is 424 g/mol. The predicted molar refractivity (Wildman–Crippen MR) is 125 cm³/mol. The number of benzene rings is 2. The van der Waals surface area contributed by atoms with Gasteiger partial charge < -0.3 is 9.16 Å². The first kappa shape index (κ1) is 22.5. The fourth-order valence-electron chi connectivity index (χ4n) is 4.66. The summed E-state index contributed by atoms with van der Waals surface area (Å²) in [5, 5.41) is 2.38. The van der Waals surface area contributed by atoms with Crippen LogP contribution in [0.5, 0.6) is 0 Å². The summed E-state index contributed by atoms with van der Waals surface area (Å²) >= 11 is 0. The number of ether oxygens (including phenoxy) is 1. The van der Waals surface area contributed by atoms with Gasteiger partial charge in [-0.1, -0.05) is 87.5 Å². The Morgan fingerprint density at radius 2 is 1.47 bits per heavy atom. The molecule has 0 saturated carbocycles. The van der Waals surface area contributed by atoms with E-state index in [0.29, 0.717) is 12.0 Å². The van der Waals surface area contributed by atoms with Crippen LogP contribution in [0.1, 0.15) is 27.2 Å². The lowest BCUT2D eigenvalue weighted by Gasteiger charge is -2.46. The maximum atomic E-state index is 12.4. The molecule has 0 amide bonds. The molecule has 0 unspecified atom stereocenters. The Morgan fingerprint density at radius 3 is 1.87 bits per heavy atom. The first-order valence-electron chi connectivity index (χ1n) is 10.5. The zero-order valence-electron chi connectivity index (χ0n) is 18.9.